The monoisotopic (exact) mass is 349 g/mol. The molecule has 1 atom stereocenters. The van der Waals surface area contributed by atoms with Gasteiger partial charge in [-0.3, -0.25) is 14.9 Å². The van der Waals surface area contributed by atoms with Crippen molar-refractivity contribution in [3.63, 3.8) is 0 Å². The molecule has 0 aromatic heterocycles. The average molecular weight is 349 g/mol. The minimum Gasteiger partial charge on any atom is -0.505 e. The van der Waals surface area contributed by atoms with E-state index >= 15 is 0 Å². The number of piperazine rings is 1. The number of amides is 1. The number of fused-ring (bicyclic) bond motifs is 1. The lowest BCUT2D eigenvalue weighted by molar-refractivity contribution is -0.439. The number of hydrogen-bond acceptors (Lipinski definition) is 7. The predicted octanol–water partition coefficient (Wildman–Crippen LogP) is 0.254. The fourth-order valence-corrected chi connectivity index (χ4v) is 2.91. The van der Waals surface area contributed by atoms with E-state index in [0.717, 1.165) is 13.0 Å². The standard InChI is InChI=1S/C13H16N4O3.C3H7NO/c1-15-5-6-16-10(7-15)12(17(19)20)11(16)8-3-2-4-9(14)13(8)18;1-4(2)3-5/h2-4,10,18H,5-7,14H2,1H3;3H,1-2H3. The summed E-state index contributed by atoms with van der Waals surface area (Å²) in [4.78, 5) is 25.9. The Bertz CT molecular complexity index is 704. The Balaban J connectivity index is 0.000000399. The Morgan fingerprint density at radius 1 is 1.40 bits per heavy atom. The lowest BCUT2D eigenvalue weighted by Gasteiger charge is -2.47. The maximum atomic E-state index is 11.3. The fraction of sp³-hybridized carbons (Fsp3) is 0.438. The van der Waals surface area contributed by atoms with Gasteiger partial charge >= 0.3 is 0 Å². The molecule has 3 rings (SSSR count). The van der Waals surface area contributed by atoms with Crippen LogP contribution < -0.4 is 5.73 Å². The summed E-state index contributed by atoms with van der Waals surface area (Å²) in [5, 5.41) is 21.4. The zero-order chi connectivity index (χ0) is 18.7. The fourth-order valence-electron chi connectivity index (χ4n) is 2.91. The Hall–Kier alpha value is -2.81. The van der Waals surface area contributed by atoms with Crippen molar-refractivity contribution >= 4 is 17.8 Å². The van der Waals surface area contributed by atoms with Gasteiger partial charge in [-0.25, -0.2) is 0 Å². The molecule has 9 heteroatoms. The molecular weight excluding hydrogens is 326 g/mol. The molecule has 136 valence electrons. The maximum Gasteiger partial charge on any atom is 0.293 e. The van der Waals surface area contributed by atoms with Gasteiger partial charge in [0.25, 0.3) is 5.70 Å². The summed E-state index contributed by atoms with van der Waals surface area (Å²) in [7, 11) is 5.32. The number of anilines is 1. The number of nitrogen functional groups attached to an aromatic ring is 1. The number of carbonyl (C=O) groups excluding carboxylic acids is 1. The van der Waals surface area contributed by atoms with Gasteiger partial charge in [-0.15, -0.1) is 0 Å². The normalized spacial score (nSPS) is 19.3. The van der Waals surface area contributed by atoms with Gasteiger partial charge < -0.3 is 25.5 Å². The first kappa shape index (κ1) is 18.5. The Morgan fingerprint density at radius 2 is 2.04 bits per heavy atom. The summed E-state index contributed by atoms with van der Waals surface area (Å²) in [5.74, 6) is -0.0840. The molecule has 0 bridgehead atoms. The van der Waals surface area contributed by atoms with Crippen molar-refractivity contribution in [3.05, 3.63) is 39.6 Å². The van der Waals surface area contributed by atoms with Gasteiger partial charge in [0.15, 0.2) is 0 Å². The molecule has 0 aliphatic carbocycles. The van der Waals surface area contributed by atoms with E-state index in [9.17, 15) is 20.0 Å². The van der Waals surface area contributed by atoms with Crippen molar-refractivity contribution in [3.8, 4) is 5.75 Å². The number of rotatable bonds is 3. The molecule has 0 spiro atoms. The second-order valence-corrected chi connectivity index (χ2v) is 6.27. The molecule has 0 saturated carbocycles. The second kappa shape index (κ2) is 7.39. The van der Waals surface area contributed by atoms with Gasteiger partial charge in [-0.1, -0.05) is 6.07 Å². The highest BCUT2D eigenvalue weighted by atomic mass is 16.6. The van der Waals surface area contributed by atoms with Crippen LogP contribution in [0, 0.1) is 10.1 Å². The molecule has 1 unspecified atom stereocenters. The molecule has 3 N–H and O–H groups in total. The second-order valence-electron chi connectivity index (χ2n) is 6.27. The van der Waals surface area contributed by atoms with Gasteiger partial charge in [0.05, 0.1) is 10.6 Å². The number of carbonyl (C=O) groups is 1. The van der Waals surface area contributed by atoms with Crippen LogP contribution in [0.1, 0.15) is 5.56 Å². The van der Waals surface area contributed by atoms with E-state index in [-0.39, 0.29) is 28.1 Å². The van der Waals surface area contributed by atoms with Crippen molar-refractivity contribution in [1.82, 2.24) is 14.7 Å². The first-order chi connectivity index (χ1) is 11.8. The molecule has 9 nitrogen and oxygen atoms in total. The predicted molar refractivity (Wildman–Crippen MR) is 94.2 cm³/mol. The largest absolute Gasteiger partial charge is 0.505 e. The van der Waals surface area contributed by atoms with Gasteiger partial charge in [-0.2, -0.15) is 0 Å². The Kier molecular flexibility index (Phi) is 5.48. The number of phenolic OH excluding ortho intramolecular Hbond substituents is 1. The Labute approximate surface area is 146 Å². The zero-order valence-corrected chi connectivity index (χ0v) is 14.5. The van der Waals surface area contributed by atoms with Crippen molar-refractivity contribution < 1.29 is 14.8 Å². The number of aromatic hydroxyl groups is 1. The average Bonchev–Trinajstić information content (AvgIpc) is 2.54. The molecule has 1 amide bonds. The van der Waals surface area contributed by atoms with Gasteiger partial charge in [0.1, 0.15) is 17.5 Å². The topological polar surface area (TPSA) is 116 Å². The SMILES string of the molecule is CN(C)C=O.CN1CCN2C(c3cccc(N)c3O)=C([N+](=O)[O-])C2C1. The molecule has 25 heavy (non-hydrogen) atoms. The van der Waals surface area contributed by atoms with Crippen LogP contribution in [-0.4, -0.2) is 78.0 Å². The molecule has 2 aliphatic rings. The molecule has 2 heterocycles. The van der Waals surface area contributed by atoms with Gasteiger partial charge in [0, 0.05) is 39.3 Å². The number of nitro groups is 1. The van der Waals surface area contributed by atoms with Crippen LogP contribution in [0.4, 0.5) is 5.69 Å². The number of nitrogens with two attached hydrogens (primary N) is 1. The van der Waals surface area contributed by atoms with E-state index in [1.165, 1.54) is 4.90 Å². The van der Waals surface area contributed by atoms with Gasteiger partial charge in [0.2, 0.25) is 6.41 Å². The molecule has 1 fully saturated rings. The van der Waals surface area contributed by atoms with Crippen LogP contribution >= 0.6 is 0 Å². The summed E-state index contributed by atoms with van der Waals surface area (Å²) in [6, 6.07) is 4.72. The van der Waals surface area contributed by atoms with Gasteiger partial charge in [-0.05, 0) is 19.2 Å². The van der Waals surface area contributed by atoms with E-state index in [0.29, 0.717) is 24.4 Å². The van der Waals surface area contributed by atoms with E-state index in [4.69, 9.17) is 5.73 Å². The quantitative estimate of drug-likeness (QED) is 0.264. The zero-order valence-electron chi connectivity index (χ0n) is 14.5. The summed E-state index contributed by atoms with van der Waals surface area (Å²) >= 11 is 0. The highest BCUT2D eigenvalue weighted by Gasteiger charge is 2.49. The van der Waals surface area contributed by atoms with Crippen molar-refractivity contribution in [1.29, 1.82) is 0 Å². The lowest BCUT2D eigenvalue weighted by atomic mass is 9.91. The summed E-state index contributed by atoms with van der Waals surface area (Å²) in [6.07, 6.45) is 0.750. The van der Waals surface area contributed by atoms with Crippen LogP contribution in [0.2, 0.25) is 0 Å². The third-order valence-corrected chi connectivity index (χ3v) is 4.16. The van der Waals surface area contributed by atoms with E-state index in [2.05, 4.69) is 4.90 Å². The number of phenols is 1. The third kappa shape index (κ3) is 3.66. The van der Waals surface area contributed by atoms with E-state index in [1.807, 2.05) is 11.9 Å². The van der Waals surface area contributed by atoms with Crippen LogP contribution in [0.15, 0.2) is 23.9 Å². The molecular formula is C16H23N5O4. The first-order valence-electron chi connectivity index (χ1n) is 7.81. The molecule has 2 aliphatic heterocycles. The lowest BCUT2D eigenvalue weighted by Crippen LogP contribution is -2.59. The van der Waals surface area contributed by atoms with Crippen LogP contribution in [0.5, 0.6) is 5.75 Å². The minimum atomic E-state index is -0.349. The number of likely N-dealkylation sites (N-methyl/N-ethyl adjacent to an activating group) is 1. The molecule has 0 radical (unpaired) electrons. The van der Waals surface area contributed by atoms with Crippen LogP contribution in [0.25, 0.3) is 5.70 Å². The summed E-state index contributed by atoms with van der Waals surface area (Å²) in [5.41, 5.74) is 7.02. The Morgan fingerprint density at radius 3 is 2.60 bits per heavy atom. The highest BCUT2D eigenvalue weighted by molar-refractivity contribution is 5.80. The highest BCUT2D eigenvalue weighted by Crippen LogP contribution is 2.44. The summed E-state index contributed by atoms with van der Waals surface area (Å²) < 4.78 is 0. The number of para-hydroxylation sites is 1. The number of benzene rings is 1. The number of nitrogens with zero attached hydrogens (tertiary/aromatic N) is 4. The first-order valence-corrected chi connectivity index (χ1v) is 7.81. The minimum absolute atomic E-state index is 0.0840. The van der Waals surface area contributed by atoms with Crippen molar-refractivity contribution in [2.24, 2.45) is 0 Å². The van der Waals surface area contributed by atoms with Crippen LogP contribution in [-0.2, 0) is 4.79 Å². The third-order valence-electron chi connectivity index (χ3n) is 4.16. The number of hydrogen-bond donors (Lipinski definition) is 2. The molecule has 1 aromatic rings. The van der Waals surface area contributed by atoms with Crippen molar-refractivity contribution in [2.75, 3.05) is 46.5 Å². The molecule has 1 saturated heterocycles. The smallest absolute Gasteiger partial charge is 0.293 e. The molecule has 1 aromatic carbocycles. The van der Waals surface area contributed by atoms with Crippen LogP contribution in [0.3, 0.4) is 0 Å². The van der Waals surface area contributed by atoms with E-state index < -0.39 is 0 Å². The van der Waals surface area contributed by atoms with Crippen molar-refractivity contribution in [2.45, 2.75) is 6.04 Å². The summed E-state index contributed by atoms with van der Waals surface area (Å²) in [6.45, 7) is 2.18. The maximum absolute atomic E-state index is 11.3. The van der Waals surface area contributed by atoms with E-state index in [1.54, 1.807) is 32.3 Å².